The summed E-state index contributed by atoms with van der Waals surface area (Å²) in [6.07, 6.45) is 0. The molecule has 3 N–H and O–H groups in total. The van der Waals surface area contributed by atoms with Gasteiger partial charge in [0, 0.05) is 6.92 Å². The second-order valence-electron chi connectivity index (χ2n) is 1.03. The summed E-state index contributed by atoms with van der Waals surface area (Å²) in [5, 5.41) is 10.1. The molecule has 0 aromatic carbocycles. The molecule has 0 bridgehead atoms. The number of hydrogen-bond acceptors (Lipinski definition) is 4. The van der Waals surface area contributed by atoms with Gasteiger partial charge in [-0.25, -0.2) is 0 Å². The number of ether oxygens (including phenoxy) is 1. The summed E-state index contributed by atoms with van der Waals surface area (Å²) in [6.45, 7) is 1.15. The maximum Gasteiger partial charge on any atom is 0.328 e. The molecule has 0 aromatic heterocycles. The van der Waals surface area contributed by atoms with Crippen LogP contribution in [0, 0.1) is 0 Å². The zero-order chi connectivity index (χ0) is 6.57. The van der Waals surface area contributed by atoms with Crippen molar-refractivity contribution >= 4 is 12.0 Å². The first-order valence-corrected chi connectivity index (χ1v) is 1.82. The molecule has 0 rings (SSSR count). The molecule has 0 atom stereocenters. The van der Waals surface area contributed by atoms with Crippen molar-refractivity contribution in [2.75, 3.05) is 0 Å². The molecule has 5 nitrogen and oxygen atoms in total. The lowest BCUT2D eigenvalue weighted by Crippen LogP contribution is -2.18. The summed E-state index contributed by atoms with van der Waals surface area (Å²) in [5.74, 6) is -0.611. The number of hydrogen-bond donors (Lipinski definition) is 2. The van der Waals surface area contributed by atoms with Crippen LogP contribution in [0.3, 0.4) is 0 Å². The maximum atomic E-state index is 9.92. The zero-order valence-electron chi connectivity index (χ0n) is 4.29. The number of nitrogens with two attached hydrogens (primary N) is 1. The molecule has 0 amide bonds. The van der Waals surface area contributed by atoms with Crippen molar-refractivity contribution in [2.24, 2.45) is 10.9 Å². The fourth-order valence-electron chi connectivity index (χ4n) is 0.168. The van der Waals surface area contributed by atoms with Crippen molar-refractivity contribution in [2.45, 2.75) is 6.92 Å². The van der Waals surface area contributed by atoms with E-state index in [2.05, 4.69) is 9.89 Å². The highest BCUT2D eigenvalue weighted by Gasteiger charge is 1.94. The molecule has 0 aliphatic rings. The first-order chi connectivity index (χ1) is 3.66. The van der Waals surface area contributed by atoms with Gasteiger partial charge in [0.25, 0.3) is 0 Å². The third-order valence-electron chi connectivity index (χ3n) is 0.347. The molecule has 0 unspecified atom stereocenters. The largest absolute Gasteiger partial charge is 0.407 e. The molecular weight excluding hydrogens is 112 g/mol. The van der Waals surface area contributed by atoms with Crippen LogP contribution < -0.4 is 5.73 Å². The minimum absolute atomic E-state index is 0.544. The van der Waals surface area contributed by atoms with Gasteiger partial charge in [-0.05, 0) is 5.16 Å². The van der Waals surface area contributed by atoms with Crippen molar-refractivity contribution in [3.05, 3.63) is 0 Å². The van der Waals surface area contributed by atoms with Crippen molar-refractivity contribution in [1.82, 2.24) is 0 Å². The molecule has 8 heavy (non-hydrogen) atoms. The average molecular weight is 118 g/mol. The lowest BCUT2D eigenvalue weighted by atomic mass is 10.8. The minimum Gasteiger partial charge on any atom is -0.407 e. The SMILES string of the molecule is CC(=O)OC(N)=NO. The highest BCUT2D eigenvalue weighted by molar-refractivity contribution is 5.84. The zero-order valence-corrected chi connectivity index (χ0v) is 4.29. The number of esters is 1. The second kappa shape index (κ2) is 2.84. The van der Waals surface area contributed by atoms with Gasteiger partial charge in [-0.1, -0.05) is 0 Å². The second-order valence-corrected chi connectivity index (χ2v) is 1.03. The van der Waals surface area contributed by atoms with Crippen molar-refractivity contribution in [3.8, 4) is 0 Å². The van der Waals surface area contributed by atoms with Gasteiger partial charge in [0.2, 0.25) is 0 Å². The van der Waals surface area contributed by atoms with E-state index in [0.29, 0.717) is 0 Å². The van der Waals surface area contributed by atoms with Crippen LogP contribution in [-0.4, -0.2) is 17.2 Å². The van der Waals surface area contributed by atoms with Crippen LogP contribution in [0.2, 0.25) is 0 Å². The first-order valence-electron chi connectivity index (χ1n) is 1.82. The molecule has 0 spiro atoms. The predicted molar refractivity (Wildman–Crippen MR) is 25.2 cm³/mol. The fourth-order valence-corrected chi connectivity index (χ4v) is 0.168. The molecule has 0 saturated heterocycles. The van der Waals surface area contributed by atoms with Gasteiger partial charge in [0.05, 0.1) is 0 Å². The van der Waals surface area contributed by atoms with Gasteiger partial charge < -0.3 is 15.7 Å². The number of carbonyl (C=O) groups is 1. The Kier molecular flexibility index (Phi) is 2.39. The molecule has 0 aromatic rings. The van der Waals surface area contributed by atoms with Crippen LogP contribution in [0.25, 0.3) is 0 Å². The summed E-state index contributed by atoms with van der Waals surface area (Å²) in [4.78, 5) is 9.92. The van der Waals surface area contributed by atoms with E-state index in [1.807, 2.05) is 0 Å². The van der Waals surface area contributed by atoms with E-state index in [1.165, 1.54) is 0 Å². The lowest BCUT2D eigenvalue weighted by molar-refractivity contribution is -0.133. The Morgan fingerprint density at radius 1 is 1.88 bits per heavy atom. The van der Waals surface area contributed by atoms with Crippen LogP contribution >= 0.6 is 0 Å². The van der Waals surface area contributed by atoms with Gasteiger partial charge in [-0.15, -0.1) is 0 Å². The summed E-state index contributed by atoms with van der Waals surface area (Å²) >= 11 is 0. The third-order valence-corrected chi connectivity index (χ3v) is 0.347. The molecule has 0 saturated carbocycles. The summed E-state index contributed by atoms with van der Waals surface area (Å²) in [6, 6.07) is -0.544. The van der Waals surface area contributed by atoms with E-state index in [1.54, 1.807) is 0 Å². The average Bonchev–Trinajstić information content (AvgIpc) is 1.65. The first kappa shape index (κ1) is 6.74. The minimum atomic E-state index is -0.611. The quantitative estimate of drug-likeness (QED) is 0.144. The predicted octanol–water partition coefficient (Wildman–Crippen LogP) is -0.747. The summed E-state index contributed by atoms with van der Waals surface area (Å²) in [5.41, 5.74) is 4.73. The van der Waals surface area contributed by atoms with Gasteiger partial charge in [-0.3, -0.25) is 4.79 Å². The normalized spacial score (nSPS) is 10.9. The van der Waals surface area contributed by atoms with Crippen molar-refractivity contribution in [1.29, 1.82) is 0 Å². The Labute approximate surface area is 45.7 Å². The highest BCUT2D eigenvalue weighted by atomic mass is 16.6. The molecular formula is C3H6N2O3. The number of amidine groups is 1. The Bertz CT molecular complexity index is 120. The van der Waals surface area contributed by atoms with Gasteiger partial charge in [0.1, 0.15) is 0 Å². The molecule has 5 heteroatoms. The van der Waals surface area contributed by atoms with E-state index in [9.17, 15) is 4.79 Å². The Hall–Kier alpha value is -1.26. The lowest BCUT2D eigenvalue weighted by Gasteiger charge is -1.92. The monoisotopic (exact) mass is 118 g/mol. The van der Waals surface area contributed by atoms with E-state index in [-0.39, 0.29) is 0 Å². The van der Waals surface area contributed by atoms with Crippen molar-refractivity contribution in [3.63, 3.8) is 0 Å². The number of nitrogens with zero attached hydrogens (tertiary/aromatic N) is 1. The number of rotatable bonds is 0. The van der Waals surface area contributed by atoms with Gasteiger partial charge >= 0.3 is 12.0 Å². The Balaban J connectivity index is 3.56. The smallest absolute Gasteiger partial charge is 0.328 e. The maximum absolute atomic E-state index is 9.92. The van der Waals surface area contributed by atoms with E-state index in [0.717, 1.165) is 6.92 Å². The molecule has 0 aliphatic heterocycles. The highest BCUT2D eigenvalue weighted by Crippen LogP contribution is 1.72. The Morgan fingerprint density at radius 2 is 2.38 bits per heavy atom. The van der Waals surface area contributed by atoms with Gasteiger partial charge in [-0.2, -0.15) is 0 Å². The van der Waals surface area contributed by atoms with E-state index < -0.39 is 12.0 Å². The van der Waals surface area contributed by atoms with Crippen LogP contribution in [-0.2, 0) is 9.53 Å². The van der Waals surface area contributed by atoms with E-state index >= 15 is 0 Å². The Morgan fingerprint density at radius 3 is 2.50 bits per heavy atom. The van der Waals surface area contributed by atoms with Crippen molar-refractivity contribution < 1.29 is 14.7 Å². The fraction of sp³-hybridized carbons (Fsp3) is 0.333. The molecule has 0 radical (unpaired) electrons. The third kappa shape index (κ3) is 2.95. The molecule has 0 aliphatic carbocycles. The van der Waals surface area contributed by atoms with Gasteiger partial charge in [0.15, 0.2) is 0 Å². The molecule has 46 valence electrons. The van der Waals surface area contributed by atoms with Crippen LogP contribution in [0.15, 0.2) is 5.16 Å². The van der Waals surface area contributed by atoms with Crippen LogP contribution in [0.1, 0.15) is 6.92 Å². The molecule has 0 fully saturated rings. The standard InChI is InChI=1S/C3H6N2O3/c1-2(6)8-3(4)5-7/h7H,1H3,(H2,4,5). The molecule has 0 heterocycles. The van der Waals surface area contributed by atoms with E-state index in [4.69, 9.17) is 10.9 Å². The topological polar surface area (TPSA) is 84.9 Å². The summed E-state index contributed by atoms with van der Waals surface area (Å²) < 4.78 is 4.04. The van der Waals surface area contributed by atoms with Crippen LogP contribution in [0.5, 0.6) is 0 Å². The summed E-state index contributed by atoms with van der Waals surface area (Å²) in [7, 11) is 0. The van der Waals surface area contributed by atoms with Crippen LogP contribution in [0.4, 0.5) is 0 Å². The number of oxime groups is 1. The number of carbonyl (C=O) groups excluding carboxylic acids is 1.